The fourth-order valence-electron chi connectivity index (χ4n) is 4.64. The summed E-state index contributed by atoms with van der Waals surface area (Å²) in [5.74, 6) is -0.432. The summed E-state index contributed by atoms with van der Waals surface area (Å²) in [6, 6.07) is 12.0. The Kier molecular flexibility index (Phi) is 7.64. The molecular weight excluding hydrogens is 481 g/mol. The maximum Gasteiger partial charge on any atom is 0.225 e. The van der Waals surface area contributed by atoms with Crippen LogP contribution in [0.2, 0.25) is 5.02 Å². The number of hydrogen-bond acceptors (Lipinski definition) is 5. The normalized spacial score (nSPS) is 18.2. The van der Waals surface area contributed by atoms with Crippen LogP contribution in [0.3, 0.4) is 0 Å². The van der Waals surface area contributed by atoms with Gasteiger partial charge in [0.1, 0.15) is 11.6 Å². The van der Waals surface area contributed by atoms with E-state index < -0.39 is 21.6 Å². The first-order valence-electron chi connectivity index (χ1n) is 11.4. The fraction of sp³-hybridized carbons (Fsp3) is 0.458. The number of benzene rings is 2. The number of anilines is 1. The van der Waals surface area contributed by atoms with Gasteiger partial charge in [-0.2, -0.15) is 0 Å². The molecule has 0 radical (unpaired) electrons. The van der Waals surface area contributed by atoms with Crippen molar-refractivity contribution in [2.75, 3.05) is 51.3 Å². The van der Waals surface area contributed by atoms with E-state index in [1.165, 1.54) is 22.5 Å². The standard InChI is InChI=1S/C24H29ClFN3O4S/c1-33-23-8-3-2-7-22(23)27-13-15-28(16-14-27)24(30)18-9-11-29(12-10-18)34(31,32)17-19-20(25)5-4-6-21(19)26/h2-8,18H,9-17H2,1H3. The fourth-order valence-corrected chi connectivity index (χ4v) is 6.56. The van der Waals surface area contributed by atoms with Gasteiger partial charge in [-0.05, 0) is 37.1 Å². The van der Waals surface area contributed by atoms with Crippen molar-refractivity contribution in [2.24, 2.45) is 5.92 Å². The van der Waals surface area contributed by atoms with Gasteiger partial charge in [-0.25, -0.2) is 17.1 Å². The third kappa shape index (κ3) is 5.31. The minimum Gasteiger partial charge on any atom is -0.495 e. The maximum atomic E-state index is 14.1. The van der Waals surface area contributed by atoms with Gasteiger partial charge in [0.05, 0.1) is 18.6 Å². The predicted octanol–water partition coefficient (Wildman–Crippen LogP) is 3.38. The lowest BCUT2D eigenvalue weighted by molar-refractivity contribution is -0.137. The Balaban J connectivity index is 1.31. The first kappa shape index (κ1) is 24.8. The average Bonchev–Trinajstić information content (AvgIpc) is 2.86. The van der Waals surface area contributed by atoms with Gasteiger partial charge < -0.3 is 14.5 Å². The van der Waals surface area contributed by atoms with Gasteiger partial charge >= 0.3 is 0 Å². The van der Waals surface area contributed by atoms with Crippen LogP contribution in [-0.4, -0.2) is 69.9 Å². The largest absolute Gasteiger partial charge is 0.495 e. The molecule has 0 spiro atoms. The molecule has 34 heavy (non-hydrogen) atoms. The van der Waals surface area contributed by atoms with E-state index in [0.717, 1.165) is 11.4 Å². The number of rotatable bonds is 6. The zero-order valence-electron chi connectivity index (χ0n) is 19.1. The Morgan fingerprint density at radius 3 is 2.35 bits per heavy atom. The van der Waals surface area contributed by atoms with Crippen molar-refractivity contribution < 1.29 is 22.3 Å². The summed E-state index contributed by atoms with van der Waals surface area (Å²) in [7, 11) is -2.09. The molecule has 2 saturated heterocycles. The Morgan fingerprint density at radius 1 is 1.03 bits per heavy atom. The van der Waals surface area contributed by atoms with Crippen LogP contribution in [-0.2, 0) is 20.6 Å². The number of amides is 1. The minimum atomic E-state index is -3.73. The predicted molar refractivity (Wildman–Crippen MR) is 130 cm³/mol. The van der Waals surface area contributed by atoms with Crippen LogP contribution in [0.4, 0.5) is 10.1 Å². The van der Waals surface area contributed by atoms with Crippen molar-refractivity contribution in [2.45, 2.75) is 18.6 Å². The molecule has 2 aromatic carbocycles. The van der Waals surface area contributed by atoms with Crippen molar-refractivity contribution in [3.63, 3.8) is 0 Å². The van der Waals surface area contributed by atoms with Crippen LogP contribution in [0, 0.1) is 11.7 Å². The Morgan fingerprint density at radius 2 is 1.71 bits per heavy atom. The molecule has 0 saturated carbocycles. The molecule has 10 heteroatoms. The van der Waals surface area contributed by atoms with Crippen LogP contribution >= 0.6 is 11.6 Å². The first-order valence-corrected chi connectivity index (χ1v) is 13.4. The molecular formula is C24H29ClFN3O4S. The van der Waals surface area contributed by atoms with Gasteiger partial charge in [0, 0.05) is 55.8 Å². The molecule has 2 heterocycles. The maximum absolute atomic E-state index is 14.1. The summed E-state index contributed by atoms with van der Waals surface area (Å²) in [6.07, 6.45) is 0.908. The number of methoxy groups -OCH3 is 1. The van der Waals surface area contributed by atoms with Crippen LogP contribution in [0.25, 0.3) is 0 Å². The van der Waals surface area contributed by atoms with E-state index in [0.29, 0.717) is 39.0 Å². The molecule has 2 fully saturated rings. The first-order chi connectivity index (χ1) is 16.3. The monoisotopic (exact) mass is 509 g/mol. The number of sulfonamides is 1. The summed E-state index contributed by atoms with van der Waals surface area (Å²) in [5.41, 5.74) is 1.00. The van der Waals surface area contributed by atoms with E-state index in [4.69, 9.17) is 16.3 Å². The quantitative estimate of drug-likeness (QED) is 0.597. The van der Waals surface area contributed by atoms with E-state index in [9.17, 15) is 17.6 Å². The van der Waals surface area contributed by atoms with Crippen molar-refractivity contribution in [1.29, 1.82) is 0 Å². The molecule has 0 N–H and O–H groups in total. The van der Waals surface area contributed by atoms with Crippen LogP contribution in [0.5, 0.6) is 5.75 Å². The highest BCUT2D eigenvalue weighted by Crippen LogP contribution is 2.30. The third-order valence-corrected chi connectivity index (χ3v) is 8.76. The van der Waals surface area contributed by atoms with Gasteiger partial charge in [-0.15, -0.1) is 0 Å². The summed E-state index contributed by atoms with van der Waals surface area (Å²) in [6.45, 7) is 3.13. The SMILES string of the molecule is COc1ccccc1N1CCN(C(=O)C2CCN(S(=O)(=O)Cc3c(F)cccc3Cl)CC2)CC1. The molecule has 2 aromatic rings. The number of piperidine rings is 1. The van der Waals surface area contributed by atoms with Gasteiger partial charge in [0.25, 0.3) is 0 Å². The molecule has 0 aromatic heterocycles. The summed E-state index contributed by atoms with van der Waals surface area (Å²) in [5, 5.41) is 0.0981. The number of carbonyl (C=O) groups is 1. The molecule has 0 atom stereocenters. The minimum absolute atomic E-state index is 0.0183. The van der Waals surface area contributed by atoms with Crippen molar-refractivity contribution >= 4 is 33.2 Å². The van der Waals surface area contributed by atoms with Crippen LogP contribution in [0.15, 0.2) is 42.5 Å². The number of carbonyl (C=O) groups excluding carboxylic acids is 1. The van der Waals surface area contributed by atoms with Gasteiger partial charge in [-0.1, -0.05) is 29.8 Å². The molecule has 4 rings (SSSR count). The number of halogens is 2. The van der Waals surface area contributed by atoms with E-state index in [-0.39, 0.29) is 35.5 Å². The van der Waals surface area contributed by atoms with Crippen molar-refractivity contribution in [3.8, 4) is 5.75 Å². The lowest BCUT2D eigenvalue weighted by atomic mass is 9.96. The Labute approximate surface area is 205 Å². The molecule has 7 nitrogen and oxygen atoms in total. The van der Waals surface area contributed by atoms with E-state index >= 15 is 0 Å². The highest BCUT2D eigenvalue weighted by molar-refractivity contribution is 7.88. The second-order valence-electron chi connectivity index (χ2n) is 8.61. The summed E-state index contributed by atoms with van der Waals surface area (Å²) >= 11 is 6.01. The van der Waals surface area contributed by atoms with E-state index in [1.54, 1.807) is 7.11 Å². The lowest BCUT2D eigenvalue weighted by Crippen LogP contribution is -2.52. The Bertz CT molecular complexity index is 1110. The molecule has 1 amide bonds. The molecule has 0 aliphatic carbocycles. The molecule has 184 valence electrons. The Hall–Kier alpha value is -2.36. The lowest BCUT2D eigenvalue weighted by Gasteiger charge is -2.39. The van der Waals surface area contributed by atoms with Crippen molar-refractivity contribution in [3.05, 3.63) is 58.9 Å². The number of piperazine rings is 1. The molecule has 2 aliphatic rings. The average molecular weight is 510 g/mol. The smallest absolute Gasteiger partial charge is 0.225 e. The van der Waals surface area contributed by atoms with Gasteiger partial charge in [-0.3, -0.25) is 4.79 Å². The number of ether oxygens (including phenoxy) is 1. The topological polar surface area (TPSA) is 70.2 Å². The highest BCUT2D eigenvalue weighted by atomic mass is 35.5. The molecule has 0 unspecified atom stereocenters. The highest BCUT2D eigenvalue weighted by Gasteiger charge is 2.34. The summed E-state index contributed by atoms with van der Waals surface area (Å²) in [4.78, 5) is 17.2. The molecule has 2 aliphatic heterocycles. The molecule has 0 bridgehead atoms. The zero-order chi connectivity index (χ0) is 24.3. The van der Waals surface area contributed by atoms with Crippen molar-refractivity contribution in [1.82, 2.24) is 9.21 Å². The third-order valence-electron chi connectivity index (χ3n) is 6.60. The second-order valence-corrected chi connectivity index (χ2v) is 11.0. The van der Waals surface area contributed by atoms with Gasteiger partial charge in [0.15, 0.2) is 0 Å². The van der Waals surface area contributed by atoms with Gasteiger partial charge in [0.2, 0.25) is 15.9 Å². The number of hydrogen-bond donors (Lipinski definition) is 0. The van der Waals surface area contributed by atoms with Crippen LogP contribution in [0.1, 0.15) is 18.4 Å². The van der Waals surface area contributed by atoms with E-state index in [2.05, 4.69) is 4.90 Å². The van der Waals surface area contributed by atoms with E-state index in [1.807, 2.05) is 29.2 Å². The number of para-hydroxylation sites is 2. The number of nitrogens with zero attached hydrogens (tertiary/aromatic N) is 3. The zero-order valence-corrected chi connectivity index (χ0v) is 20.7. The second kappa shape index (κ2) is 10.5. The summed E-state index contributed by atoms with van der Waals surface area (Å²) < 4.78 is 46.6. The van der Waals surface area contributed by atoms with Crippen LogP contribution < -0.4 is 9.64 Å².